The van der Waals surface area contributed by atoms with Crippen molar-refractivity contribution in [2.45, 2.75) is 32.0 Å². The summed E-state index contributed by atoms with van der Waals surface area (Å²) in [5.41, 5.74) is 0. The third-order valence-electron chi connectivity index (χ3n) is 2.95. The maximum Gasteiger partial charge on any atom is 0.118 e. The van der Waals surface area contributed by atoms with E-state index < -0.39 is 0 Å². The van der Waals surface area contributed by atoms with Crippen LogP contribution in [0.2, 0.25) is 0 Å². The first-order valence-corrected chi connectivity index (χ1v) is 5.79. The van der Waals surface area contributed by atoms with E-state index in [0.717, 1.165) is 37.6 Å². The number of likely N-dealkylation sites (N-methyl/N-ethyl adjacent to an activating group) is 1. The molecule has 1 aromatic rings. The van der Waals surface area contributed by atoms with E-state index in [1.54, 1.807) is 0 Å². The number of aliphatic hydroxyl groups excluding tert-OH is 1. The first-order chi connectivity index (χ1) is 7.63. The molecule has 90 valence electrons. The maximum absolute atomic E-state index is 9.41. The van der Waals surface area contributed by atoms with Crippen LogP contribution in [-0.2, 0) is 6.54 Å². The molecule has 1 saturated heterocycles. The molecule has 2 heterocycles. The lowest BCUT2D eigenvalue weighted by molar-refractivity contribution is 0.188. The SMILES string of the molecule is Cc1ccc(CN(C)CC2CC(O)CN2)o1. The highest BCUT2D eigenvalue weighted by Gasteiger charge is 2.23. The molecule has 16 heavy (non-hydrogen) atoms. The average Bonchev–Trinajstić information content (AvgIpc) is 2.76. The number of furan rings is 1. The van der Waals surface area contributed by atoms with E-state index in [1.807, 2.05) is 19.1 Å². The highest BCUT2D eigenvalue weighted by Crippen LogP contribution is 2.11. The molecule has 1 aliphatic rings. The summed E-state index contributed by atoms with van der Waals surface area (Å²) in [4.78, 5) is 2.22. The van der Waals surface area contributed by atoms with Crippen molar-refractivity contribution in [2.24, 2.45) is 0 Å². The minimum absolute atomic E-state index is 0.177. The average molecular weight is 224 g/mol. The molecule has 2 atom stereocenters. The number of rotatable bonds is 4. The summed E-state index contributed by atoms with van der Waals surface area (Å²) in [5.74, 6) is 1.95. The Balaban J connectivity index is 1.78. The standard InChI is InChI=1S/C12H20N2O2/c1-9-3-4-12(16-9)8-14(2)7-10-5-11(15)6-13-10/h3-4,10-11,13,15H,5-8H2,1-2H3. The van der Waals surface area contributed by atoms with Crippen molar-refractivity contribution in [3.63, 3.8) is 0 Å². The Bertz CT molecular complexity index is 338. The van der Waals surface area contributed by atoms with Crippen LogP contribution in [0.1, 0.15) is 17.9 Å². The second-order valence-electron chi connectivity index (χ2n) is 4.70. The summed E-state index contributed by atoms with van der Waals surface area (Å²) in [6, 6.07) is 4.40. The molecule has 1 aliphatic heterocycles. The van der Waals surface area contributed by atoms with Crippen molar-refractivity contribution in [3.05, 3.63) is 23.7 Å². The van der Waals surface area contributed by atoms with Crippen LogP contribution in [-0.4, -0.2) is 42.3 Å². The van der Waals surface area contributed by atoms with Crippen LogP contribution < -0.4 is 5.32 Å². The molecule has 2 N–H and O–H groups in total. The predicted octanol–water partition coefficient (Wildman–Crippen LogP) is 0.743. The van der Waals surface area contributed by atoms with E-state index in [4.69, 9.17) is 4.42 Å². The van der Waals surface area contributed by atoms with Gasteiger partial charge in [-0.3, -0.25) is 4.90 Å². The topological polar surface area (TPSA) is 48.6 Å². The minimum atomic E-state index is -0.177. The predicted molar refractivity (Wildman–Crippen MR) is 62.2 cm³/mol. The first kappa shape index (κ1) is 11.6. The van der Waals surface area contributed by atoms with Crippen molar-refractivity contribution in [3.8, 4) is 0 Å². The first-order valence-electron chi connectivity index (χ1n) is 5.79. The highest BCUT2D eigenvalue weighted by molar-refractivity contribution is 5.05. The zero-order chi connectivity index (χ0) is 11.5. The maximum atomic E-state index is 9.41. The van der Waals surface area contributed by atoms with Gasteiger partial charge in [-0.1, -0.05) is 0 Å². The Morgan fingerprint density at radius 3 is 2.94 bits per heavy atom. The summed E-state index contributed by atoms with van der Waals surface area (Å²) >= 11 is 0. The van der Waals surface area contributed by atoms with Crippen LogP contribution in [0.15, 0.2) is 16.5 Å². The van der Waals surface area contributed by atoms with Gasteiger partial charge in [-0.05, 0) is 32.5 Å². The van der Waals surface area contributed by atoms with Crippen LogP contribution >= 0.6 is 0 Å². The normalized spacial score (nSPS) is 25.5. The Labute approximate surface area is 96.2 Å². The van der Waals surface area contributed by atoms with Gasteiger partial charge in [0.1, 0.15) is 11.5 Å². The molecular weight excluding hydrogens is 204 g/mol. The molecule has 4 heteroatoms. The van der Waals surface area contributed by atoms with Gasteiger partial charge in [-0.15, -0.1) is 0 Å². The van der Waals surface area contributed by atoms with Gasteiger partial charge >= 0.3 is 0 Å². The summed E-state index contributed by atoms with van der Waals surface area (Å²) in [7, 11) is 2.07. The fraction of sp³-hybridized carbons (Fsp3) is 0.667. The largest absolute Gasteiger partial charge is 0.465 e. The van der Waals surface area contributed by atoms with Gasteiger partial charge in [-0.2, -0.15) is 0 Å². The number of β-amino-alcohol motifs (C(OH)–C–C–N with tert-alkyl or cyclic N) is 1. The third kappa shape index (κ3) is 3.07. The van der Waals surface area contributed by atoms with Gasteiger partial charge in [0.2, 0.25) is 0 Å². The van der Waals surface area contributed by atoms with Crippen molar-refractivity contribution >= 4 is 0 Å². The molecule has 4 nitrogen and oxygen atoms in total. The number of aliphatic hydroxyl groups is 1. The number of nitrogens with one attached hydrogen (secondary N) is 1. The van der Waals surface area contributed by atoms with E-state index in [2.05, 4.69) is 17.3 Å². The fourth-order valence-electron chi connectivity index (χ4n) is 2.21. The molecule has 0 spiro atoms. The Morgan fingerprint density at radius 1 is 1.56 bits per heavy atom. The molecule has 0 radical (unpaired) electrons. The lowest BCUT2D eigenvalue weighted by Crippen LogP contribution is -2.34. The van der Waals surface area contributed by atoms with Crippen LogP contribution in [0.5, 0.6) is 0 Å². The van der Waals surface area contributed by atoms with Gasteiger partial charge in [-0.25, -0.2) is 0 Å². The van der Waals surface area contributed by atoms with E-state index in [-0.39, 0.29) is 6.10 Å². The molecule has 1 fully saturated rings. The number of hydrogen-bond acceptors (Lipinski definition) is 4. The van der Waals surface area contributed by atoms with Gasteiger partial charge in [0.25, 0.3) is 0 Å². The Hall–Kier alpha value is -0.840. The summed E-state index contributed by atoms with van der Waals surface area (Å²) in [6.07, 6.45) is 0.672. The van der Waals surface area contributed by atoms with Gasteiger partial charge < -0.3 is 14.8 Å². The zero-order valence-corrected chi connectivity index (χ0v) is 9.94. The zero-order valence-electron chi connectivity index (χ0n) is 9.94. The van der Waals surface area contributed by atoms with Crippen molar-refractivity contribution in [2.75, 3.05) is 20.1 Å². The molecule has 1 aromatic heterocycles. The monoisotopic (exact) mass is 224 g/mol. The molecule has 0 bridgehead atoms. The lowest BCUT2D eigenvalue weighted by Gasteiger charge is -2.19. The minimum Gasteiger partial charge on any atom is -0.465 e. The molecule has 0 saturated carbocycles. The number of aryl methyl sites for hydroxylation is 1. The van der Waals surface area contributed by atoms with E-state index in [0.29, 0.717) is 6.04 Å². The number of nitrogens with zero attached hydrogens (tertiary/aromatic N) is 1. The fourth-order valence-corrected chi connectivity index (χ4v) is 2.21. The van der Waals surface area contributed by atoms with Gasteiger partial charge in [0, 0.05) is 19.1 Å². The molecular formula is C12H20N2O2. The van der Waals surface area contributed by atoms with Crippen LogP contribution in [0.3, 0.4) is 0 Å². The third-order valence-corrected chi connectivity index (χ3v) is 2.95. The summed E-state index contributed by atoms with van der Waals surface area (Å²) < 4.78 is 5.53. The van der Waals surface area contributed by atoms with Gasteiger partial charge in [0.05, 0.1) is 12.6 Å². The van der Waals surface area contributed by atoms with E-state index >= 15 is 0 Å². The second kappa shape index (κ2) is 4.99. The smallest absolute Gasteiger partial charge is 0.118 e. The van der Waals surface area contributed by atoms with Crippen molar-refractivity contribution < 1.29 is 9.52 Å². The molecule has 0 aliphatic carbocycles. The van der Waals surface area contributed by atoms with Crippen molar-refractivity contribution in [1.29, 1.82) is 0 Å². The molecule has 0 aromatic carbocycles. The molecule has 2 rings (SSSR count). The molecule has 2 unspecified atom stereocenters. The van der Waals surface area contributed by atoms with Gasteiger partial charge in [0.15, 0.2) is 0 Å². The van der Waals surface area contributed by atoms with Crippen LogP contribution in [0.4, 0.5) is 0 Å². The van der Waals surface area contributed by atoms with Crippen molar-refractivity contribution in [1.82, 2.24) is 10.2 Å². The highest BCUT2D eigenvalue weighted by atomic mass is 16.3. The van der Waals surface area contributed by atoms with Crippen LogP contribution in [0.25, 0.3) is 0 Å². The Kier molecular flexibility index (Phi) is 3.63. The lowest BCUT2D eigenvalue weighted by atomic mass is 10.2. The van der Waals surface area contributed by atoms with Crippen LogP contribution in [0, 0.1) is 6.92 Å². The second-order valence-corrected chi connectivity index (χ2v) is 4.70. The number of hydrogen-bond donors (Lipinski definition) is 2. The van der Waals surface area contributed by atoms with E-state index in [9.17, 15) is 5.11 Å². The summed E-state index contributed by atoms with van der Waals surface area (Å²) in [6.45, 7) is 4.44. The Morgan fingerprint density at radius 2 is 2.38 bits per heavy atom. The molecule has 0 amide bonds. The van der Waals surface area contributed by atoms with E-state index in [1.165, 1.54) is 0 Å². The quantitative estimate of drug-likeness (QED) is 0.792. The summed E-state index contributed by atoms with van der Waals surface area (Å²) in [5, 5.41) is 12.7.